The second-order valence-corrected chi connectivity index (χ2v) is 5.04. The minimum absolute atomic E-state index is 0. The molecule has 0 spiro atoms. The average molecular weight is 457 g/mol. The Labute approximate surface area is 165 Å². The number of ether oxygens (including phenoxy) is 3. The van der Waals surface area contributed by atoms with E-state index in [1.807, 2.05) is 48.5 Å². The van der Waals surface area contributed by atoms with Crippen LogP contribution in [0.2, 0.25) is 0 Å². The number of nitrogens with two attached hydrogens (primary N) is 1. The molecule has 0 amide bonds. The van der Waals surface area contributed by atoms with Crippen molar-refractivity contribution in [1.82, 2.24) is 0 Å². The fourth-order valence-corrected chi connectivity index (χ4v) is 2.01. The average Bonchev–Trinajstić information content (AvgIpc) is 2.61. The van der Waals surface area contributed by atoms with E-state index in [9.17, 15) is 0 Å². The number of methoxy groups -OCH3 is 2. The lowest BCUT2D eigenvalue weighted by Gasteiger charge is -2.08. The number of halogens is 1. The normalized spacial score (nSPS) is 10.7. The SMILES string of the molecule is COCCOc1cccc(CN=C(N)Nc2ccc(OC)cc2)c1.I. The Morgan fingerprint density at radius 3 is 2.48 bits per heavy atom. The third kappa shape index (κ3) is 7.61. The van der Waals surface area contributed by atoms with Gasteiger partial charge in [0, 0.05) is 12.8 Å². The second kappa shape index (κ2) is 11.5. The summed E-state index contributed by atoms with van der Waals surface area (Å²) >= 11 is 0. The van der Waals surface area contributed by atoms with Crippen LogP contribution in [0.4, 0.5) is 5.69 Å². The van der Waals surface area contributed by atoms with E-state index in [-0.39, 0.29) is 24.0 Å². The molecule has 0 aliphatic carbocycles. The zero-order valence-corrected chi connectivity index (χ0v) is 16.7. The molecule has 0 radical (unpaired) electrons. The maximum Gasteiger partial charge on any atom is 0.193 e. The molecule has 3 N–H and O–H groups in total. The summed E-state index contributed by atoms with van der Waals surface area (Å²) in [6, 6.07) is 15.2. The molecular formula is C18H24IN3O3. The van der Waals surface area contributed by atoms with Crippen LogP contribution in [0.15, 0.2) is 53.5 Å². The number of aliphatic imine (C=N–C) groups is 1. The number of benzene rings is 2. The summed E-state index contributed by atoms with van der Waals surface area (Å²) in [7, 11) is 3.28. The van der Waals surface area contributed by atoms with E-state index in [4.69, 9.17) is 19.9 Å². The maximum atomic E-state index is 5.92. The molecule has 2 rings (SSSR count). The quantitative estimate of drug-likeness (QED) is 0.276. The Morgan fingerprint density at radius 2 is 1.80 bits per heavy atom. The van der Waals surface area contributed by atoms with Gasteiger partial charge in [-0.1, -0.05) is 12.1 Å². The molecule has 0 heterocycles. The Balaban J connectivity index is 0.00000312. The largest absolute Gasteiger partial charge is 0.497 e. The minimum atomic E-state index is 0. The standard InChI is InChI=1S/C18H23N3O3.HI/c1-22-10-11-24-17-5-3-4-14(12-17)13-20-18(19)21-15-6-8-16(23-2)9-7-15;/h3-9,12H,10-11,13H2,1-2H3,(H3,19,20,21);1H. The van der Waals surface area contributed by atoms with Crippen molar-refractivity contribution in [3.8, 4) is 11.5 Å². The molecule has 0 fully saturated rings. The lowest BCUT2D eigenvalue weighted by molar-refractivity contribution is 0.146. The number of nitrogens with one attached hydrogen (secondary N) is 1. The van der Waals surface area contributed by atoms with Crippen LogP contribution in [0.25, 0.3) is 0 Å². The van der Waals surface area contributed by atoms with E-state index in [0.29, 0.717) is 25.7 Å². The van der Waals surface area contributed by atoms with Crippen molar-refractivity contribution < 1.29 is 14.2 Å². The third-order valence-electron chi connectivity index (χ3n) is 3.25. The van der Waals surface area contributed by atoms with Gasteiger partial charge in [-0.15, -0.1) is 24.0 Å². The number of guanidine groups is 1. The van der Waals surface area contributed by atoms with Crippen LogP contribution in [0, 0.1) is 0 Å². The van der Waals surface area contributed by atoms with Crippen LogP contribution in [0.3, 0.4) is 0 Å². The highest BCUT2D eigenvalue weighted by Gasteiger charge is 1.99. The molecule has 25 heavy (non-hydrogen) atoms. The highest BCUT2D eigenvalue weighted by atomic mass is 127. The smallest absolute Gasteiger partial charge is 0.193 e. The van der Waals surface area contributed by atoms with Crippen molar-refractivity contribution in [3.63, 3.8) is 0 Å². The number of hydrogen-bond donors (Lipinski definition) is 2. The Morgan fingerprint density at radius 1 is 1.04 bits per heavy atom. The molecular weight excluding hydrogens is 433 g/mol. The van der Waals surface area contributed by atoms with Gasteiger partial charge in [0.1, 0.15) is 18.1 Å². The first-order chi connectivity index (χ1) is 11.7. The van der Waals surface area contributed by atoms with E-state index in [2.05, 4.69) is 10.3 Å². The van der Waals surface area contributed by atoms with Crippen molar-refractivity contribution >= 4 is 35.6 Å². The fraction of sp³-hybridized carbons (Fsp3) is 0.278. The lowest BCUT2D eigenvalue weighted by atomic mass is 10.2. The highest BCUT2D eigenvalue weighted by molar-refractivity contribution is 14.0. The van der Waals surface area contributed by atoms with Crippen LogP contribution >= 0.6 is 24.0 Å². The van der Waals surface area contributed by atoms with Crippen LogP contribution in [0.5, 0.6) is 11.5 Å². The number of hydrogen-bond acceptors (Lipinski definition) is 4. The molecule has 0 unspecified atom stereocenters. The summed E-state index contributed by atoms with van der Waals surface area (Å²) in [6.07, 6.45) is 0. The molecule has 0 bridgehead atoms. The van der Waals surface area contributed by atoms with Crippen molar-refractivity contribution in [2.45, 2.75) is 6.54 Å². The predicted octanol–water partition coefficient (Wildman–Crippen LogP) is 3.27. The summed E-state index contributed by atoms with van der Waals surface area (Å²) in [4.78, 5) is 4.34. The Kier molecular flexibility index (Phi) is 9.71. The zero-order valence-electron chi connectivity index (χ0n) is 14.4. The molecule has 0 aliphatic heterocycles. The molecule has 0 saturated carbocycles. The van der Waals surface area contributed by atoms with Gasteiger partial charge in [-0.25, -0.2) is 4.99 Å². The fourth-order valence-electron chi connectivity index (χ4n) is 2.01. The summed E-state index contributed by atoms with van der Waals surface area (Å²) in [5.41, 5.74) is 7.79. The van der Waals surface area contributed by atoms with Crippen LogP contribution in [-0.2, 0) is 11.3 Å². The topological polar surface area (TPSA) is 78.1 Å². The number of rotatable bonds is 8. The molecule has 0 aliphatic rings. The summed E-state index contributed by atoms with van der Waals surface area (Å²) in [6.45, 7) is 1.54. The first-order valence-electron chi connectivity index (χ1n) is 7.63. The molecule has 7 heteroatoms. The van der Waals surface area contributed by atoms with Gasteiger partial charge in [0.25, 0.3) is 0 Å². The van der Waals surface area contributed by atoms with E-state index < -0.39 is 0 Å². The van der Waals surface area contributed by atoms with Crippen LogP contribution in [-0.4, -0.2) is 33.4 Å². The van der Waals surface area contributed by atoms with Crippen molar-refractivity contribution in [2.24, 2.45) is 10.7 Å². The van der Waals surface area contributed by atoms with Gasteiger partial charge in [0.05, 0.1) is 20.3 Å². The second-order valence-electron chi connectivity index (χ2n) is 5.04. The van der Waals surface area contributed by atoms with Gasteiger partial charge in [-0.2, -0.15) is 0 Å². The van der Waals surface area contributed by atoms with E-state index in [0.717, 1.165) is 22.7 Å². The zero-order chi connectivity index (χ0) is 17.2. The molecule has 136 valence electrons. The van der Waals surface area contributed by atoms with E-state index in [1.54, 1.807) is 14.2 Å². The number of anilines is 1. The molecule has 0 aromatic heterocycles. The van der Waals surface area contributed by atoms with Gasteiger partial charge in [-0.05, 0) is 42.0 Å². The maximum absolute atomic E-state index is 5.92. The first kappa shape index (κ1) is 21.0. The van der Waals surface area contributed by atoms with E-state index in [1.165, 1.54) is 0 Å². The predicted molar refractivity (Wildman–Crippen MR) is 111 cm³/mol. The van der Waals surface area contributed by atoms with Gasteiger partial charge in [0.2, 0.25) is 0 Å². The van der Waals surface area contributed by atoms with Gasteiger partial charge < -0.3 is 25.3 Å². The van der Waals surface area contributed by atoms with Crippen LogP contribution in [0.1, 0.15) is 5.56 Å². The Hall–Kier alpha value is -2.00. The molecule has 6 nitrogen and oxygen atoms in total. The highest BCUT2D eigenvalue weighted by Crippen LogP contribution is 2.16. The summed E-state index contributed by atoms with van der Waals surface area (Å²) in [5.74, 6) is 1.94. The monoisotopic (exact) mass is 457 g/mol. The lowest BCUT2D eigenvalue weighted by Crippen LogP contribution is -2.22. The minimum Gasteiger partial charge on any atom is -0.497 e. The first-order valence-corrected chi connectivity index (χ1v) is 7.63. The van der Waals surface area contributed by atoms with Crippen molar-refractivity contribution in [3.05, 3.63) is 54.1 Å². The molecule has 2 aromatic carbocycles. The van der Waals surface area contributed by atoms with E-state index >= 15 is 0 Å². The van der Waals surface area contributed by atoms with Gasteiger partial charge >= 0.3 is 0 Å². The van der Waals surface area contributed by atoms with Gasteiger partial charge in [-0.3, -0.25) is 0 Å². The van der Waals surface area contributed by atoms with Crippen LogP contribution < -0.4 is 20.5 Å². The third-order valence-corrected chi connectivity index (χ3v) is 3.25. The van der Waals surface area contributed by atoms with Crippen molar-refractivity contribution in [2.75, 3.05) is 32.8 Å². The summed E-state index contributed by atoms with van der Waals surface area (Å²) in [5, 5.41) is 3.04. The van der Waals surface area contributed by atoms with Gasteiger partial charge in [0.15, 0.2) is 5.96 Å². The Bertz CT molecular complexity index is 663. The molecule has 0 saturated heterocycles. The summed E-state index contributed by atoms with van der Waals surface area (Å²) < 4.78 is 15.7. The molecule has 0 atom stereocenters. The number of nitrogens with zero attached hydrogens (tertiary/aromatic N) is 1. The molecule has 2 aromatic rings. The van der Waals surface area contributed by atoms with Crippen molar-refractivity contribution in [1.29, 1.82) is 0 Å².